The van der Waals surface area contributed by atoms with Crippen molar-refractivity contribution in [1.82, 2.24) is 15.2 Å². The first kappa shape index (κ1) is 18.3. The van der Waals surface area contributed by atoms with Gasteiger partial charge in [0.05, 0.1) is 16.9 Å². The molecule has 0 saturated carbocycles. The van der Waals surface area contributed by atoms with Crippen LogP contribution in [-0.2, 0) is 11.3 Å². The topological polar surface area (TPSA) is 68.5 Å². The highest BCUT2D eigenvalue weighted by atomic mass is 35.5. The molecule has 1 aromatic heterocycles. The van der Waals surface area contributed by atoms with Gasteiger partial charge < -0.3 is 4.74 Å². The molecule has 24 heavy (non-hydrogen) atoms. The Morgan fingerprint density at radius 3 is 2.88 bits per heavy atom. The van der Waals surface area contributed by atoms with Crippen molar-refractivity contribution >= 4 is 35.3 Å². The highest BCUT2D eigenvalue weighted by molar-refractivity contribution is 6.35. The zero-order chi connectivity index (χ0) is 17.7. The minimum absolute atomic E-state index is 0.341. The lowest BCUT2D eigenvalue weighted by Gasteiger charge is -2.14. The first-order valence-electron chi connectivity index (χ1n) is 7.39. The molecule has 128 valence electrons. The summed E-state index contributed by atoms with van der Waals surface area (Å²) in [5, 5.41) is 9.07. The Morgan fingerprint density at radius 2 is 2.25 bits per heavy atom. The van der Waals surface area contributed by atoms with Gasteiger partial charge in [0, 0.05) is 23.3 Å². The maximum Gasteiger partial charge on any atom is 0.280 e. The van der Waals surface area contributed by atoms with E-state index in [2.05, 4.69) is 15.6 Å². The predicted molar refractivity (Wildman–Crippen MR) is 94.9 cm³/mol. The van der Waals surface area contributed by atoms with E-state index in [0.717, 1.165) is 17.8 Å². The number of benzene rings is 1. The van der Waals surface area contributed by atoms with Gasteiger partial charge in [-0.1, -0.05) is 23.2 Å². The third kappa shape index (κ3) is 4.72. The van der Waals surface area contributed by atoms with E-state index in [1.807, 2.05) is 20.0 Å². The van der Waals surface area contributed by atoms with Crippen LogP contribution in [0.5, 0.6) is 5.75 Å². The van der Waals surface area contributed by atoms with E-state index in [1.165, 1.54) is 0 Å². The number of aromatic nitrogens is 2. The van der Waals surface area contributed by atoms with Gasteiger partial charge in [0.15, 0.2) is 6.10 Å². The number of amides is 1. The van der Waals surface area contributed by atoms with Crippen LogP contribution in [0.25, 0.3) is 0 Å². The monoisotopic (exact) mass is 368 g/mol. The molecule has 2 rings (SSSR count). The van der Waals surface area contributed by atoms with E-state index in [0.29, 0.717) is 15.8 Å². The fourth-order valence-corrected chi connectivity index (χ4v) is 2.35. The molecule has 1 amide bonds. The van der Waals surface area contributed by atoms with Gasteiger partial charge in [0.2, 0.25) is 0 Å². The number of halogens is 2. The van der Waals surface area contributed by atoms with E-state index < -0.39 is 12.0 Å². The van der Waals surface area contributed by atoms with Gasteiger partial charge in [-0.3, -0.25) is 9.48 Å². The molecule has 0 aliphatic rings. The molecular formula is C16H18Cl2N4O2. The number of carbonyl (C=O) groups is 1. The molecule has 1 heterocycles. The van der Waals surface area contributed by atoms with Crippen LogP contribution in [0.2, 0.25) is 10.0 Å². The molecular weight excluding hydrogens is 351 g/mol. The Hall–Kier alpha value is -2.05. The van der Waals surface area contributed by atoms with E-state index in [9.17, 15) is 4.79 Å². The summed E-state index contributed by atoms with van der Waals surface area (Å²) in [5.41, 5.74) is 4.12. The van der Waals surface area contributed by atoms with Gasteiger partial charge in [0.1, 0.15) is 5.75 Å². The second-order valence-corrected chi connectivity index (χ2v) is 5.94. The van der Waals surface area contributed by atoms with Gasteiger partial charge >= 0.3 is 0 Å². The molecule has 0 spiro atoms. The van der Waals surface area contributed by atoms with E-state index in [1.54, 1.807) is 36.0 Å². The Balaban J connectivity index is 1.93. The molecule has 8 heteroatoms. The van der Waals surface area contributed by atoms with E-state index in [-0.39, 0.29) is 0 Å². The number of nitrogens with zero attached hydrogens (tertiary/aromatic N) is 3. The molecule has 6 nitrogen and oxygen atoms in total. The van der Waals surface area contributed by atoms with Crippen LogP contribution in [0.1, 0.15) is 25.1 Å². The number of carbonyl (C=O) groups excluding carboxylic acids is 1. The van der Waals surface area contributed by atoms with Crippen LogP contribution in [0.3, 0.4) is 0 Å². The molecule has 0 saturated heterocycles. The third-order valence-corrected chi connectivity index (χ3v) is 3.78. The van der Waals surface area contributed by atoms with Crippen LogP contribution in [0.15, 0.2) is 29.5 Å². The number of ether oxygens (including phenoxy) is 1. The predicted octanol–water partition coefficient (Wildman–Crippen LogP) is 3.44. The molecule has 0 aliphatic carbocycles. The molecule has 2 aromatic rings. The summed E-state index contributed by atoms with van der Waals surface area (Å²) in [7, 11) is 0. The average Bonchev–Trinajstić information content (AvgIpc) is 2.90. The lowest BCUT2D eigenvalue weighted by Crippen LogP contribution is -2.33. The van der Waals surface area contributed by atoms with Crippen LogP contribution in [0, 0.1) is 6.92 Å². The number of aryl methyl sites for hydroxylation is 2. The molecule has 1 aromatic carbocycles. The normalized spacial score (nSPS) is 12.4. The smallest absolute Gasteiger partial charge is 0.280 e. The Kier molecular flexibility index (Phi) is 6.23. The number of nitrogens with one attached hydrogen (secondary N) is 1. The third-order valence-electron chi connectivity index (χ3n) is 3.25. The zero-order valence-electron chi connectivity index (χ0n) is 13.6. The fourth-order valence-electron chi connectivity index (χ4n) is 1.89. The van der Waals surface area contributed by atoms with Crippen molar-refractivity contribution in [3.05, 3.63) is 45.7 Å². The second kappa shape index (κ2) is 8.17. The highest BCUT2D eigenvalue weighted by Crippen LogP contribution is 2.28. The minimum Gasteiger partial charge on any atom is -0.479 e. The van der Waals surface area contributed by atoms with E-state index >= 15 is 0 Å². The minimum atomic E-state index is -0.764. The summed E-state index contributed by atoms with van der Waals surface area (Å²) in [5.74, 6) is -0.00874. The maximum atomic E-state index is 12.0. The number of hydrogen-bond donors (Lipinski definition) is 1. The van der Waals surface area contributed by atoms with Crippen LogP contribution < -0.4 is 10.2 Å². The lowest BCUT2D eigenvalue weighted by atomic mass is 10.3. The molecule has 0 aliphatic heterocycles. The van der Waals surface area contributed by atoms with Crippen molar-refractivity contribution in [3.8, 4) is 5.75 Å². The molecule has 1 atom stereocenters. The fraction of sp³-hybridized carbons (Fsp3) is 0.312. The molecule has 1 unspecified atom stereocenters. The summed E-state index contributed by atoms with van der Waals surface area (Å²) in [6.45, 7) is 6.25. The highest BCUT2D eigenvalue weighted by Gasteiger charge is 2.15. The standard InChI is InChI=1S/C16H18Cl2N4O2/c1-4-22-9-12(10(2)21-22)8-19-20-16(23)11(3)24-15-6-5-13(17)7-14(15)18/h5-9,11H,4H2,1-3H3,(H,20,23)/b19-8-. The Bertz CT molecular complexity index is 759. The van der Waals surface area contributed by atoms with Gasteiger partial charge in [-0.05, 0) is 39.0 Å². The number of hydrazone groups is 1. The number of hydrogen-bond acceptors (Lipinski definition) is 4. The van der Waals surface area contributed by atoms with Crippen molar-refractivity contribution in [3.63, 3.8) is 0 Å². The van der Waals surface area contributed by atoms with E-state index in [4.69, 9.17) is 27.9 Å². The summed E-state index contributed by atoms with van der Waals surface area (Å²) >= 11 is 11.8. The summed E-state index contributed by atoms with van der Waals surface area (Å²) < 4.78 is 7.32. The van der Waals surface area contributed by atoms with Crippen molar-refractivity contribution in [2.45, 2.75) is 33.4 Å². The largest absolute Gasteiger partial charge is 0.479 e. The van der Waals surface area contributed by atoms with Crippen LogP contribution >= 0.6 is 23.2 Å². The van der Waals surface area contributed by atoms with Crippen molar-refractivity contribution in [2.75, 3.05) is 0 Å². The van der Waals surface area contributed by atoms with Crippen LogP contribution in [0.4, 0.5) is 0 Å². The Labute approximate surface area is 150 Å². The molecule has 1 N–H and O–H groups in total. The summed E-state index contributed by atoms with van der Waals surface area (Å²) in [6.07, 6.45) is 2.65. The van der Waals surface area contributed by atoms with Crippen LogP contribution in [-0.4, -0.2) is 28.0 Å². The molecule has 0 radical (unpaired) electrons. The quantitative estimate of drug-likeness (QED) is 0.627. The van der Waals surface area contributed by atoms with Gasteiger partial charge in [-0.15, -0.1) is 0 Å². The van der Waals surface area contributed by atoms with Gasteiger partial charge in [-0.25, -0.2) is 5.43 Å². The first-order valence-corrected chi connectivity index (χ1v) is 8.15. The number of rotatable bonds is 6. The van der Waals surface area contributed by atoms with Gasteiger partial charge in [0.25, 0.3) is 5.91 Å². The average molecular weight is 369 g/mol. The van der Waals surface area contributed by atoms with Crippen molar-refractivity contribution in [1.29, 1.82) is 0 Å². The summed E-state index contributed by atoms with van der Waals surface area (Å²) in [4.78, 5) is 12.0. The van der Waals surface area contributed by atoms with Crippen molar-refractivity contribution in [2.24, 2.45) is 5.10 Å². The Morgan fingerprint density at radius 1 is 1.50 bits per heavy atom. The lowest BCUT2D eigenvalue weighted by molar-refractivity contribution is -0.127. The first-order chi connectivity index (χ1) is 11.4. The second-order valence-electron chi connectivity index (χ2n) is 5.09. The zero-order valence-corrected chi connectivity index (χ0v) is 15.1. The summed E-state index contributed by atoms with van der Waals surface area (Å²) in [6, 6.07) is 4.80. The molecule has 0 fully saturated rings. The maximum absolute atomic E-state index is 12.0. The van der Waals surface area contributed by atoms with Gasteiger partial charge in [-0.2, -0.15) is 10.2 Å². The van der Waals surface area contributed by atoms with Crippen molar-refractivity contribution < 1.29 is 9.53 Å². The molecule has 0 bridgehead atoms. The SMILES string of the molecule is CCn1cc(/C=N\NC(=O)C(C)Oc2ccc(Cl)cc2Cl)c(C)n1.